The zero-order chi connectivity index (χ0) is 30.3. The van der Waals surface area contributed by atoms with Crippen molar-refractivity contribution < 1.29 is 14.3 Å². The molecule has 10 nitrogen and oxygen atoms in total. The zero-order valence-electron chi connectivity index (χ0n) is 24.7. The van der Waals surface area contributed by atoms with Crippen molar-refractivity contribution in [2.45, 2.75) is 57.5 Å². The van der Waals surface area contributed by atoms with Crippen molar-refractivity contribution in [2.24, 2.45) is 5.92 Å². The minimum atomic E-state index is -0.122. The first-order valence-electron chi connectivity index (χ1n) is 15.5. The first kappa shape index (κ1) is 29.9. The van der Waals surface area contributed by atoms with Crippen LogP contribution in [0.25, 0.3) is 6.08 Å². The van der Waals surface area contributed by atoms with Crippen LogP contribution in [-0.2, 0) is 16.0 Å². The van der Waals surface area contributed by atoms with Crippen LogP contribution < -0.4 is 20.7 Å². The fraction of sp³-hybridized carbons (Fsp3) is 0.424. The summed E-state index contributed by atoms with van der Waals surface area (Å²) in [5.74, 6) is 2.24. The quantitative estimate of drug-likeness (QED) is 0.293. The van der Waals surface area contributed by atoms with Crippen LogP contribution >= 0.6 is 11.6 Å². The Labute approximate surface area is 262 Å². The van der Waals surface area contributed by atoms with Gasteiger partial charge in [0, 0.05) is 74.5 Å². The van der Waals surface area contributed by atoms with Gasteiger partial charge in [0.15, 0.2) is 0 Å². The normalized spacial score (nSPS) is 17.2. The van der Waals surface area contributed by atoms with Gasteiger partial charge in [0.1, 0.15) is 29.8 Å². The molecule has 0 spiro atoms. The fourth-order valence-electron chi connectivity index (χ4n) is 6.09. The molecule has 3 N–H and O–H groups in total. The summed E-state index contributed by atoms with van der Waals surface area (Å²) in [5, 5.41) is 10.1. The Balaban J connectivity index is 1.07. The molecule has 0 unspecified atom stereocenters. The molecule has 0 bridgehead atoms. The molecule has 2 aromatic heterocycles. The standard InChI is InChI=1S/C33H38ClN7O3/c34-28-20-25(8-9-29(28)44-26-12-17-41(18-13-26)33(43)22-5-1-2-6-22)40-31-27-19-23(10-15-36-30(27)38-21-39-31)32(42)37-16-11-24-7-3-4-14-35-24/h3-4,7-9,14,19-22,26H,1-2,5-6,10-13,15-18H2,(H,37,42)(H2,36,38,39,40). The number of aromatic nitrogens is 3. The number of ether oxygens (including phenoxy) is 1. The van der Waals surface area contributed by atoms with Crippen LogP contribution in [0.4, 0.5) is 17.3 Å². The van der Waals surface area contributed by atoms with Gasteiger partial charge >= 0.3 is 0 Å². The van der Waals surface area contributed by atoms with Crippen molar-refractivity contribution in [3.63, 3.8) is 0 Å². The van der Waals surface area contributed by atoms with E-state index in [-0.39, 0.29) is 17.9 Å². The lowest BCUT2D eigenvalue weighted by Crippen LogP contribution is -2.44. The molecular formula is C33H38ClN7O3. The molecule has 1 saturated carbocycles. The highest BCUT2D eigenvalue weighted by molar-refractivity contribution is 6.32. The zero-order valence-corrected chi connectivity index (χ0v) is 25.5. The third kappa shape index (κ3) is 7.30. The number of rotatable bonds is 9. The van der Waals surface area contributed by atoms with Crippen molar-refractivity contribution in [3.05, 3.63) is 70.8 Å². The Hall–Kier alpha value is -4.18. The van der Waals surface area contributed by atoms with Crippen LogP contribution in [0, 0.1) is 5.92 Å². The van der Waals surface area contributed by atoms with Crippen LogP contribution in [0.3, 0.4) is 0 Å². The molecule has 3 aliphatic rings. The Bertz CT molecular complexity index is 1500. The number of carbonyl (C=O) groups excluding carboxylic acids is 2. The van der Waals surface area contributed by atoms with Crippen LogP contribution in [0.5, 0.6) is 5.75 Å². The molecule has 11 heteroatoms. The summed E-state index contributed by atoms with van der Waals surface area (Å²) in [5.41, 5.74) is 3.02. The molecule has 1 aromatic carbocycles. The van der Waals surface area contributed by atoms with Crippen molar-refractivity contribution >= 4 is 46.8 Å². The topological polar surface area (TPSA) is 121 Å². The van der Waals surface area contributed by atoms with Crippen molar-refractivity contribution in [1.82, 2.24) is 25.2 Å². The Morgan fingerprint density at radius 2 is 1.89 bits per heavy atom. The summed E-state index contributed by atoms with van der Waals surface area (Å²) >= 11 is 6.66. The summed E-state index contributed by atoms with van der Waals surface area (Å²) in [6.45, 7) is 2.52. The second kappa shape index (κ2) is 14.1. The maximum atomic E-state index is 13.0. The molecule has 2 amide bonds. The van der Waals surface area contributed by atoms with Crippen molar-refractivity contribution in [2.75, 3.05) is 36.8 Å². The highest BCUT2D eigenvalue weighted by atomic mass is 35.5. The summed E-state index contributed by atoms with van der Waals surface area (Å²) in [6.07, 6.45) is 12.3. The molecule has 44 heavy (non-hydrogen) atoms. The number of nitrogens with one attached hydrogen (secondary N) is 3. The SMILES string of the molecule is O=C(NCCc1ccccn1)C1=Cc2c(ncnc2Nc2ccc(OC3CCN(C(=O)C4CCCC4)CC3)c(Cl)c2)NCC1. The van der Waals surface area contributed by atoms with Gasteiger partial charge in [0.2, 0.25) is 11.8 Å². The minimum Gasteiger partial charge on any atom is -0.489 e. The van der Waals surface area contributed by atoms with E-state index in [0.717, 1.165) is 50.2 Å². The number of piperidine rings is 1. The third-order valence-electron chi connectivity index (χ3n) is 8.52. The van der Waals surface area contributed by atoms with Crippen LogP contribution in [0.2, 0.25) is 5.02 Å². The van der Waals surface area contributed by atoms with E-state index in [0.29, 0.717) is 65.4 Å². The highest BCUT2D eigenvalue weighted by Gasteiger charge is 2.30. The molecule has 2 fully saturated rings. The number of benzene rings is 1. The molecule has 6 rings (SSSR count). The Kier molecular flexibility index (Phi) is 9.55. The molecule has 0 atom stereocenters. The van der Waals surface area contributed by atoms with Gasteiger partial charge < -0.3 is 25.6 Å². The van der Waals surface area contributed by atoms with Gasteiger partial charge in [-0.15, -0.1) is 0 Å². The number of carbonyl (C=O) groups is 2. The Morgan fingerprint density at radius 3 is 2.66 bits per heavy atom. The van der Waals surface area contributed by atoms with E-state index in [1.54, 1.807) is 6.20 Å². The summed E-state index contributed by atoms with van der Waals surface area (Å²) in [6, 6.07) is 11.3. The number of likely N-dealkylation sites (tertiary alicyclic amines) is 1. The van der Waals surface area contributed by atoms with Gasteiger partial charge in [-0.3, -0.25) is 14.6 Å². The Morgan fingerprint density at radius 1 is 1.05 bits per heavy atom. The lowest BCUT2D eigenvalue weighted by atomic mass is 10.0. The number of amides is 2. The molecule has 3 aromatic rings. The lowest BCUT2D eigenvalue weighted by molar-refractivity contribution is -0.137. The highest BCUT2D eigenvalue weighted by Crippen LogP contribution is 2.34. The van der Waals surface area contributed by atoms with E-state index >= 15 is 0 Å². The molecule has 1 saturated heterocycles. The number of pyridine rings is 1. The van der Waals surface area contributed by atoms with Crippen molar-refractivity contribution in [3.8, 4) is 5.75 Å². The first-order chi connectivity index (χ1) is 21.5. The van der Waals surface area contributed by atoms with Crippen LogP contribution in [0.1, 0.15) is 56.2 Å². The van der Waals surface area contributed by atoms with E-state index in [9.17, 15) is 9.59 Å². The second-order valence-corrected chi connectivity index (χ2v) is 12.0. The van der Waals surface area contributed by atoms with Gasteiger partial charge in [-0.05, 0) is 55.7 Å². The molecule has 0 radical (unpaired) electrons. The van der Waals surface area contributed by atoms with E-state index in [1.807, 2.05) is 47.4 Å². The minimum absolute atomic E-state index is 0.0151. The molecule has 4 heterocycles. The second-order valence-electron chi connectivity index (χ2n) is 11.6. The maximum absolute atomic E-state index is 13.0. The van der Waals surface area contributed by atoms with Crippen LogP contribution in [-0.4, -0.2) is 63.9 Å². The predicted molar refractivity (Wildman–Crippen MR) is 171 cm³/mol. The molecule has 2 aliphatic heterocycles. The molecular weight excluding hydrogens is 578 g/mol. The number of halogens is 1. The van der Waals surface area contributed by atoms with E-state index in [2.05, 4.69) is 30.9 Å². The number of hydrogen-bond donors (Lipinski definition) is 3. The number of anilines is 3. The maximum Gasteiger partial charge on any atom is 0.247 e. The number of nitrogens with zero attached hydrogens (tertiary/aromatic N) is 4. The summed E-state index contributed by atoms with van der Waals surface area (Å²) in [7, 11) is 0. The van der Waals surface area contributed by atoms with E-state index in [1.165, 1.54) is 19.2 Å². The summed E-state index contributed by atoms with van der Waals surface area (Å²) in [4.78, 5) is 41.0. The van der Waals surface area contributed by atoms with Gasteiger partial charge in [-0.25, -0.2) is 9.97 Å². The largest absolute Gasteiger partial charge is 0.489 e. The summed E-state index contributed by atoms with van der Waals surface area (Å²) < 4.78 is 6.26. The number of fused-ring (bicyclic) bond motifs is 1. The van der Waals surface area contributed by atoms with Gasteiger partial charge in [0.05, 0.1) is 10.6 Å². The van der Waals surface area contributed by atoms with Crippen molar-refractivity contribution in [1.29, 1.82) is 0 Å². The smallest absolute Gasteiger partial charge is 0.247 e. The van der Waals surface area contributed by atoms with E-state index < -0.39 is 0 Å². The lowest BCUT2D eigenvalue weighted by Gasteiger charge is -2.33. The molecule has 1 aliphatic carbocycles. The molecule has 230 valence electrons. The van der Waals surface area contributed by atoms with Gasteiger partial charge in [0.25, 0.3) is 0 Å². The van der Waals surface area contributed by atoms with E-state index in [4.69, 9.17) is 16.3 Å². The fourth-order valence-corrected chi connectivity index (χ4v) is 6.32. The van der Waals surface area contributed by atoms with Gasteiger partial charge in [-0.2, -0.15) is 0 Å². The third-order valence-corrected chi connectivity index (χ3v) is 8.82. The van der Waals surface area contributed by atoms with Crippen LogP contribution in [0.15, 0.2) is 54.5 Å². The van der Waals surface area contributed by atoms with Gasteiger partial charge in [-0.1, -0.05) is 30.5 Å². The average molecular weight is 616 g/mol. The first-order valence-corrected chi connectivity index (χ1v) is 15.9. The monoisotopic (exact) mass is 615 g/mol. The number of hydrogen-bond acceptors (Lipinski definition) is 8. The predicted octanol–water partition coefficient (Wildman–Crippen LogP) is 5.39. The average Bonchev–Trinajstić information content (AvgIpc) is 3.49.